The number of hydrogen-bond acceptors (Lipinski definition) is 8. The Kier molecular flexibility index (Phi) is 6.58. The zero-order valence-corrected chi connectivity index (χ0v) is 22.8. The Morgan fingerprint density at radius 2 is 1.85 bits per heavy atom. The summed E-state index contributed by atoms with van der Waals surface area (Å²) < 4.78 is 17.6. The number of benzene rings is 3. The van der Waals surface area contributed by atoms with E-state index in [0.29, 0.717) is 58.7 Å². The molecule has 1 amide bonds. The molecule has 198 valence electrons. The van der Waals surface area contributed by atoms with Crippen molar-refractivity contribution in [3.8, 4) is 17.2 Å². The molecule has 0 radical (unpaired) electrons. The van der Waals surface area contributed by atoms with E-state index in [-0.39, 0.29) is 21.5 Å². The van der Waals surface area contributed by atoms with Crippen LogP contribution in [0.1, 0.15) is 24.1 Å². The van der Waals surface area contributed by atoms with Gasteiger partial charge < -0.3 is 19.3 Å². The third-order valence-electron chi connectivity index (χ3n) is 6.39. The fourth-order valence-corrected chi connectivity index (χ4v) is 5.95. The predicted octanol–water partition coefficient (Wildman–Crippen LogP) is 6.40. The van der Waals surface area contributed by atoms with Gasteiger partial charge in [-0.25, -0.2) is 4.98 Å². The van der Waals surface area contributed by atoms with Crippen LogP contribution in [0.15, 0.2) is 60.2 Å². The van der Waals surface area contributed by atoms with Gasteiger partial charge in [-0.3, -0.25) is 14.5 Å². The fourth-order valence-electron chi connectivity index (χ4n) is 4.63. The normalized spacial score (nSPS) is 18.1. The molecule has 6 rings (SSSR count). The zero-order valence-electron chi connectivity index (χ0n) is 20.4. The van der Waals surface area contributed by atoms with Gasteiger partial charge in [0.05, 0.1) is 38.5 Å². The van der Waals surface area contributed by atoms with Gasteiger partial charge in [-0.1, -0.05) is 40.6 Å². The van der Waals surface area contributed by atoms with E-state index >= 15 is 0 Å². The predicted molar refractivity (Wildman–Crippen MR) is 149 cm³/mol. The largest absolute Gasteiger partial charge is 0.507 e. The van der Waals surface area contributed by atoms with Crippen LogP contribution >= 0.6 is 34.5 Å². The number of thiazole rings is 1. The molecule has 0 aliphatic carbocycles. The van der Waals surface area contributed by atoms with Crippen LogP contribution in [-0.4, -0.2) is 41.6 Å². The van der Waals surface area contributed by atoms with E-state index in [1.54, 1.807) is 48.5 Å². The lowest BCUT2D eigenvalue weighted by molar-refractivity contribution is -0.132. The summed E-state index contributed by atoms with van der Waals surface area (Å²) in [5, 5.41) is 12.3. The quantitative estimate of drug-likeness (QED) is 0.165. The van der Waals surface area contributed by atoms with E-state index in [1.165, 1.54) is 16.2 Å². The van der Waals surface area contributed by atoms with Crippen LogP contribution in [0.4, 0.5) is 5.13 Å². The number of Topliss-reactive ketones (excluding diaryl/α,β-unsaturated/α-hetero) is 1. The van der Waals surface area contributed by atoms with Gasteiger partial charge in [-0.2, -0.15) is 0 Å². The van der Waals surface area contributed by atoms with Crippen LogP contribution in [0, 0.1) is 0 Å². The van der Waals surface area contributed by atoms with Crippen molar-refractivity contribution >= 4 is 67.3 Å². The van der Waals surface area contributed by atoms with Crippen molar-refractivity contribution < 1.29 is 28.9 Å². The van der Waals surface area contributed by atoms with Crippen LogP contribution < -0.4 is 19.1 Å². The van der Waals surface area contributed by atoms with Crippen LogP contribution in [0.3, 0.4) is 0 Å². The zero-order chi connectivity index (χ0) is 27.3. The molecule has 39 heavy (non-hydrogen) atoms. The molecule has 4 aromatic rings. The molecule has 1 aromatic heterocycles. The molecule has 1 N–H and O–H groups in total. The number of nitrogens with zero attached hydrogens (tertiary/aromatic N) is 2. The minimum atomic E-state index is -1.01. The first kappa shape index (κ1) is 25.5. The first-order valence-corrected chi connectivity index (χ1v) is 13.6. The van der Waals surface area contributed by atoms with E-state index in [0.717, 1.165) is 4.70 Å². The second-order valence-corrected chi connectivity index (χ2v) is 10.6. The molecule has 3 heterocycles. The molecule has 3 aromatic carbocycles. The second-order valence-electron chi connectivity index (χ2n) is 8.76. The average molecular weight is 583 g/mol. The summed E-state index contributed by atoms with van der Waals surface area (Å²) in [6, 6.07) is 14.1. The van der Waals surface area contributed by atoms with Gasteiger partial charge >= 0.3 is 5.91 Å². The number of hydrogen-bond donors (Lipinski definition) is 1. The number of aliphatic hydroxyl groups is 1. The Bertz CT molecular complexity index is 1680. The Hall–Kier alpha value is -3.79. The van der Waals surface area contributed by atoms with Crippen LogP contribution in [-0.2, 0) is 9.59 Å². The number of aliphatic hydroxyl groups excluding tert-OH is 1. The minimum absolute atomic E-state index is 0.107. The Morgan fingerprint density at radius 3 is 2.62 bits per heavy atom. The van der Waals surface area contributed by atoms with E-state index in [2.05, 4.69) is 4.98 Å². The first-order valence-electron chi connectivity index (χ1n) is 12.0. The maximum absolute atomic E-state index is 13.5. The fraction of sp³-hybridized carbons (Fsp3) is 0.179. The Labute approximate surface area is 236 Å². The number of halogens is 2. The molecule has 1 unspecified atom stereocenters. The highest BCUT2D eigenvalue weighted by atomic mass is 35.5. The van der Waals surface area contributed by atoms with Crippen LogP contribution in [0.25, 0.3) is 16.0 Å². The summed E-state index contributed by atoms with van der Waals surface area (Å²) in [5.74, 6) is -0.408. The number of rotatable bonds is 5. The third-order valence-corrected chi connectivity index (χ3v) is 8.14. The standard InChI is InChI=1S/C28H20Cl2N2O6S/c1-2-36-16-5-7-19-22(13-16)39-28(31-19)32-24(14-3-6-17(29)18(30)11-14)23(26(34)27(32)35)25(33)15-4-8-20-21(12-15)38-10-9-37-20/h3-8,11-13,24,33H,2,9-10H2,1H3. The van der Waals surface area contributed by atoms with Crippen molar-refractivity contribution in [1.29, 1.82) is 0 Å². The number of carbonyl (C=O) groups is 2. The van der Waals surface area contributed by atoms with Crippen molar-refractivity contribution in [1.82, 2.24) is 4.98 Å². The van der Waals surface area contributed by atoms with Crippen molar-refractivity contribution in [2.24, 2.45) is 0 Å². The molecular weight excluding hydrogens is 563 g/mol. The van der Waals surface area contributed by atoms with E-state index in [9.17, 15) is 14.7 Å². The Balaban J connectivity index is 1.52. The lowest BCUT2D eigenvalue weighted by atomic mass is 9.95. The number of amides is 1. The molecule has 0 saturated carbocycles. The molecule has 1 atom stereocenters. The molecule has 1 fully saturated rings. The smallest absolute Gasteiger partial charge is 0.301 e. The maximum Gasteiger partial charge on any atom is 0.301 e. The third kappa shape index (κ3) is 4.46. The van der Waals surface area contributed by atoms with Crippen molar-refractivity contribution in [3.63, 3.8) is 0 Å². The highest BCUT2D eigenvalue weighted by Gasteiger charge is 2.48. The molecular formula is C28H20Cl2N2O6S. The number of fused-ring (bicyclic) bond motifs is 2. The summed E-state index contributed by atoms with van der Waals surface area (Å²) >= 11 is 13.7. The summed E-state index contributed by atoms with van der Waals surface area (Å²) in [4.78, 5) is 33.0. The highest BCUT2D eigenvalue weighted by molar-refractivity contribution is 7.22. The van der Waals surface area contributed by atoms with Gasteiger partial charge in [0.1, 0.15) is 24.7 Å². The average Bonchev–Trinajstić information content (AvgIpc) is 3.47. The van der Waals surface area contributed by atoms with Gasteiger partial charge in [-0.05, 0) is 61.0 Å². The first-order chi connectivity index (χ1) is 18.9. The van der Waals surface area contributed by atoms with Gasteiger partial charge in [0, 0.05) is 5.56 Å². The molecule has 2 aliphatic heterocycles. The summed E-state index contributed by atoms with van der Waals surface area (Å²) in [6.45, 7) is 3.16. The van der Waals surface area contributed by atoms with Crippen molar-refractivity contribution in [2.45, 2.75) is 13.0 Å². The van der Waals surface area contributed by atoms with Crippen LogP contribution in [0.5, 0.6) is 17.2 Å². The summed E-state index contributed by atoms with van der Waals surface area (Å²) in [7, 11) is 0. The topological polar surface area (TPSA) is 98.2 Å². The monoisotopic (exact) mass is 582 g/mol. The summed E-state index contributed by atoms with van der Waals surface area (Å²) in [5.41, 5.74) is 1.31. The molecule has 0 bridgehead atoms. The van der Waals surface area contributed by atoms with Gasteiger partial charge in [-0.15, -0.1) is 0 Å². The maximum atomic E-state index is 13.5. The lowest BCUT2D eigenvalue weighted by Gasteiger charge is -2.23. The number of anilines is 1. The van der Waals surface area contributed by atoms with Gasteiger partial charge in [0.2, 0.25) is 0 Å². The molecule has 0 spiro atoms. The van der Waals surface area contributed by atoms with Gasteiger partial charge in [0.25, 0.3) is 5.78 Å². The lowest BCUT2D eigenvalue weighted by Crippen LogP contribution is -2.29. The SMILES string of the molecule is CCOc1ccc2nc(N3C(=O)C(=O)C(=C(O)c4ccc5c(c4)OCCO5)C3c3ccc(Cl)c(Cl)c3)sc2c1. The highest BCUT2D eigenvalue weighted by Crippen LogP contribution is 2.46. The van der Waals surface area contributed by atoms with Gasteiger partial charge in [0.15, 0.2) is 16.6 Å². The number of ether oxygens (including phenoxy) is 3. The molecule has 8 nitrogen and oxygen atoms in total. The molecule has 1 saturated heterocycles. The summed E-state index contributed by atoms with van der Waals surface area (Å²) in [6.07, 6.45) is 0. The number of carbonyl (C=O) groups excluding carboxylic acids is 2. The van der Waals surface area contributed by atoms with E-state index in [1.807, 2.05) is 13.0 Å². The minimum Gasteiger partial charge on any atom is -0.507 e. The van der Waals surface area contributed by atoms with E-state index in [4.69, 9.17) is 37.4 Å². The van der Waals surface area contributed by atoms with Crippen molar-refractivity contribution in [2.75, 3.05) is 24.7 Å². The number of aromatic nitrogens is 1. The van der Waals surface area contributed by atoms with E-state index < -0.39 is 17.7 Å². The van der Waals surface area contributed by atoms with Crippen molar-refractivity contribution in [3.05, 3.63) is 81.3 Å². The molecule has 2 aliphatic rings. The number of ketones is 1. The van der Waals surface area contributed by atoms with Crippen LogP contribution in [0.2, 0.25) is 10.0 Å². The molecule has 11 heteroatoms. The Morgan fingerprint density at radius 1 is 1.05 bits per heavy atom. The second kappa shape index (κ2) is 10.1.